The minimum absolute atomic E-state index is 0.205. The zero-order chi connectivity index (χ0) is 32.0. The summed E-state index contributed by atoms with van der Waals surface area (Å²) >= 11 is 0. The zero-order valence-corrected chi connectivity index (χ0v) is 27.1. The Morgan fingerprint density at radius 1 is 1.04 bits per heavy atom. The van der Waals surface area contributed by atoms with Crippen LogP contribution >= 0.6 is 0 Å². The highest BCUT2D eigenvalue weighted by Crippen LogP contribution is 2.35. The van der Waals surface area contributed by atoms with Gasteiger partial charge >= 0.3 is 6.09 Å². The number of hydrogen-bond acceptors (Lipinski definition) is 7. The molecule has 45 heavy (non-hydrogen) atoms. The number of piperidine rings is 1. The van der Waals surface area contributed by atoms with Crippen LogP contribution in [0.1, 0.15) is 63.7 Å². The van der Waals surface area contributed by atoms with Crippen molar-refractivity contribution in [3.8, 4) is 5.75 Å². The first-order chi connectivity index (χ1) is 21.6. The second-order valence-electron chi connectivity index (χ2n) is 12.6. The third-order valence-electron chi connectivity index (χ3n) is 8.25. The van der Waals surface area contributed by atoms with Crippen LogP contribution in [0.4, 0.5) is 10.7 Å². The molecule has 0 bridgehead atoms. The van der Waals surface area contributed by atoms with E-state index < -0.39 is 17.9 Å². The summed E-state index contributed by atoms with van der Waals surface area (Å²) in [4.78, 5) is 25.6. The molecular weight excluding hydrogens is 568 g/mol. The number of aromatic nitrogens is 3. The minimum Gasteiger partial charge on any atom is -0.487 e. The van der Waals surface area contributed by atoms with E-state index in [1.807, 2.05) is 95.3 Å². The van der Waals surface area contributed by atoms with Gasteiger partial charge in [-0.15, -0.1) is 0 Å². The van der Waals surface area contributed by atoms with Crippen LogP contribution in [0.25, 0.3) is 11.0 Å². The van der Waals surface area contributed by atoms with Crippen molar-refractivity contribution in [3.05, 3.63) is 83.7 Å². The van der Waals surface area contributed by atoms with Gasteiger partial charge in [-0.2, -0.15) is 0 Å². The maximum Gasteiger partial charge on any atom is 0.407 e. The number of fused-ring (bicyclic) bond motifs is 1. The molecule has 2 N–H and O–H groups in total. The van der Waals surface area contributed by atoms with Crippen molar-refractivity contribution in [3.63, 3.8) is 0 Å². The molecule has 0 saturated carbocycles. The van der Waals surface area contributed by atoms with E-state index >= 15 is 0 Å². The van der Waals surface area contributed by atoms with Crippen LogP contribution in [0.2, 0.25) is 0 Å². The van der Waals surface area contributed by atoms with E-state index in [0.717, 1.165) is 54.2 Å². The van der Waals surface area contributed by atoms with Crippen LogP contribution in [0.3, 0.4) is 0 Å². The van der Waals surface area contributed by atoms with Crippen molar-refractivity contribution in [1.82, 2.24) is 24.3 Å². The topological polar surface area (TPSA) is 105 Å². The summed E-state index contributed by atoms with van der Waals surface area (Å²) < 4.78 is 14.9. The number of nitrogens with zero attached hydrogens (tertiary/aromatic N) is 5. The maximum atomic E-state index is 11.8. The molecule has 0 spiro atoms. The van der Waals surface area contributed by atoms with E-state index in [1.54, 1.807) is 0 Å². The Hall–Kier alpha value is -4.15. The Morgan fingerprint density at radius 3 is 2.44 bits per heavy atom. The third kappa shape index (κ3) is 7.93. The van der Waals surface area contributed by atoms with Crippen LogP contribution in [0.5, 0.6) is 5.75 Å². The second-order valence-corrected chi connectivity index (χ2v) is 12.6. The first kappa shape index (κ1) is 32.2. The van der Waals surface area contributed by atoms with E-state index in [-0.39, 0.29) is 6.04 Å². The fourth-order valence-electron chi connectivity index (χ4n) is 5.86. The van der Waals surface area contributed by atoms with Crippen molar-refractivity contribution in [1.29, 1.82) is 0 Å². The monoisotopic (exact) mass is 614 g/mol. The summed E-state index contributed by atoms with van der Waals surface area (Å²) in [6.45, 7) is 13.6. The number of aryl methyl sites for hydroxylation is 1. The molecule has 2 aromatic carbocycles. The lowest BCUT2D eigenvalue weighted by atomic mass is 10.0. The van der Waals surface area contributed by atoms with E-state index in [2.05, 4.69) is 20.9 Å². The number of ether oxygens (including phenoxy) is 2. The lowest BCUT2D eigenvalue weighted by molar-refractivity contribution is 0.0393. The van der Waals surface area contributed by atoms with Gasteiger partial charge in [0.15, 0.2) is 6.23 Å². The zero-order valence-electron chi connectivity index (χ0n) is 27.1. The molecule has 3 heterocycles. The van der Waals surface area contributed by atoms with E-state index in [9.17, 15) is 9.90 Å². The van der Waals surface area contributed by atoms with Crippen molar-refractivity contribution in [2.75, 3.05) is 38.1 Å². The van der Waals surface area contributed by atoms with Gasteiger partial charge in [0.1, 0.15) is 18.1 Å². The molecule has 1 saturated heterocycles. The van der Waals surface area contributed by atoms with Gasteiger partial charge in [-0.1, -0.05) is 42.5 Å². The first-order valence-corrected chi connectivity index (χ1v) is 15.9. The number of anilines is 1. The Labute approximate surface area is 266 Å². The standard InChI is InChI=1S/C35H46N6O4/c1-6-44-32(31-30(17-16-25(2)36-31)45-24-26-12-8-7-9-13-26)41-29-15-11-10-14-28(29)38-33(41)37-27-18-20-39(21-19-27)22-23-40(34(42)43)35(3,4)5/h7-17,27,32H,6,18-24H2,1-5H3,(H,37,38)(H,42,43). The summed E-state index contributed by atoms with van der Waals surface area (Å²) in [6.07, 6.45) is 0.395. The lowest BCUT2D eigenvalue weighted by Crippen LogP contribution is -2.49. The average molecular weight is 615 g/mol. The van der Waals surface area contributed by atoms with Crippen molar-refractivity contribution in [2.45, 2.75) is 71.9 Å². The molecule has 5 rings (SSSR count). The lowest BCUT2D eigenvalue weighted by Gasteiger charge is -2.37. The molecule has 1 unspecified atom stereocenters. The Morgan fingerprint density at radius 2 is 1.76 bits per heavy atom. The van der Waals surface area contributed by atoms with Gasteiger partial charge in [-0.05, 0) is 77.3 Å². The van der Waals surface area contributed by atoms with E-state index in [0.29, 0.717) is 37.7 Å². The number of pyridine rings is 1. The van der Waals surface area contributed by atoms with Crippen LogP contribution in [-0.2, 0) is 11.3 Å². The summed E-state index contributed by atoms with van der Waals surface area (Å²) in [7, 11) is 0. The highest BCUT2D eigenvalue weighted by molar-refractivity contribution is 5.79. The van der Waals surface area contributed by atoms with Gasteiger partial charge in [0.05, 0.1) is 11.0 Å². The number of likely N-dealkylation sites (tertiary alicyclic amines) is 1. The molecule has 2 aromatic heterocycles. The van der Waals surface area contributed by atoms with Crippen molar-refractivity contribution < 1.29 is 19.4 Å². The molecule has 1 atom stereocenters. The minimum atomic E-state index is -0.876. The normalized spacial score (nSPS) is 15.2. The fourth-order valence-corrected chi connectivity index (χ4v) is 5.86. The van der Waals surface area contributed by atoms with Crippen molar-refractivity contribution >= 4 is 23.1 Å². The number of nitrogens with one attached hydrogen (secondary N) is 1. The number of carbonyl (C=O) groups is 1. The molecular formula is C35H46N6O4. The molecule has 10 nitrogen and oxygen atoms in total. The van der Waals surface area contributed by atoms with Gasteiger partial charge in [-0.3, -0.25) is 4.57 Å². The molecule has 10 heteroatoms. The van der Waals surface area contributed by atoms with Gasteiger partial charge < -0.3 is 29.7 Å². The van der Waals surface area contributed by atoms with Gasteiger partial charge in [0.25, 0.3) is 0 Å². The molecule has 1 aliphatic rings. The summed E-state index contributed by atoms with van der Waals surface area (Å²) in [5.41, 5.74) is 4.05. The summed E-state index contributed by atoms with van der Waals surface area (Å²) in [6, 6.07) is 22.3. The number of carboxylic acid groups (broad SMARTS) is 1. The molecule has 240 valence electrons. The molecule has 0 radical (unpaired) electrons. The number of rotatable bonds is 12. The number of hydrogen-bond donors (Lipinski definition) is 2. The van der Waals surface area contributed by atoms with Crippen LogP contribution in [0, 0.1) is 6.92 Å². The van der Waals surface area contributed by atoms with Gasteiger partial charge in [-0.25, -0.2) is 14.8 Å². The van der Waals surface area contributed by atoms with Crippen LogP contribution < -0.4 is 10.1 Å². The molecule has 0 aliphatic carbocycles. The molecule has 1 amide bonds. The second kappa shape index (κ2) is 14.3. The number of para-hydroxylation sites is 2. The molecule has 4 aromatic rings. The van der Waals surface area contributed by atoms with Crippen LogP contribution in [0.15, 0.2) is 66.7 Å². The number of benzene rings is 2. The number of imidazole rings is 1. The van der Waals surface area contributed by atoms with E-state index in [4.69, 9.17) is 19.4 Å². The summed E-state index contributed by atoms with van der Waals surface area (Å²) in [5, 5.41) is 13.4. The SMILES string of the molecule is CCOC(c1nc(C)ccc1OCc1ccccc1)n1c(NC2CCN(CCN(C(=O)O)C(C)(C)C)CC2)nc2ccccc21. The fraction of sp³-hybridized carbons (Fsp3) is 0.457. The Balaban J connectivity index is 1.37. The highest BCUT2D eigenvalue weighted by Gasteiger charge is 2.30. The molecule has 1 aliphatic heterocycles. The summed E-state index contributed by atoms with van der Waals surface area (Å²) in [5.74, 6) is 1.40. The first-order valence-electron chi connectivity index (χ1n) is 15.9. The maximum absolute atomic E-state index is 11.8. The Bertz CT molecular complexity index is 1560. The third-order valence-corrected chi connectivity index (χ3v) is 8.25. The predicted octanol–water partition coefficient (Wildman–Crippen LogP) is 6.56. The van der Waals surface area contributed by atoms with Gasteiger partial charge in [0, 0.05) is 50.1 Å². The largest absolute Gasteiger partial charge is 0.487 e. The highest BCUT2D eigenvalue weighted by atomic mass is 16.5. The number of amides is 1. The van der Waals surface area contributed by atoms with Crippen LogP contribution in [-0.4, -0.2) is 79.9 Å². The van der Waals surface area contributed by atoms with Gasteiger partial charge in [0.2, 0.25) is 5.95 Å². The molecule has 1 fully saturated rings. The predicted molar refractivity (Wildman–Crippen MR) is 177 cm³/mol. The average Bonchev–Trinajstić information content (AvgIpc) is 3.37. The van der Waals surface area contributed by atoms with Crippen molar-refractivity contribution in [2.24, 2.45) is 0 Å². The smallest absolute Gasteiger partial charge is 0.407 e. The Kier molecular flexibility index (Phi) is 10.2. The van der Waals surface area contributed by atoms with E-state index in [1.165, 1.54) is 4.90 Å². The quantitative estimate of drug-likeness (QED) is 0.185.